The summed E-state index contributed by atoms with van der Waals surface area (Å²) in [7, 11) is 1.63. The highest BCUT2D eigenvalue weighted by atomic mass is 127. The molecule has 1 aromatic rings. The van der Waals surface area contributed by atoms with Gasteiger partial charge in [0.25, 0.3) is 0 Å². The van der Waals surface area contributed by atoms with Gasteiger partial charge in [-0.3, -0.25) is 0 Å². The van der Waals surface area contributed by atoms with Crippen LogP contribution in [0.4, 0.5) is 0 Å². The van der Waals surface area contributed by atoms with Gasteiger partial charge in [0.2, 0.25) is 0 Å². The molecule has 0 fully saturated rings. The van der Waals surface area contributed by atoms with E-state index in [1.807, 2.05) is 11.0 Å². The van der Waals surface area contributed by atoms with Crippen molar-refractivity contribution in [3.8, 4) is 0 Å². The molecule has 0 unspecified atom stereocenters. The van der Waals surface area contributed by atoms with Gasteiger partial charge in [-0.25, -0.2) is 4.98 Å². The molecule has 0 aliphatic heterocycles. The minimum Gasteiger partial charge on any atom is -0.359 e. The first-order chi connectivity index (χ1) is 8.67. The van der Waals surface area contributed by atoms with Gasteiger partial charge in [-0.15, -0.1) is 11.3 Å². The lowest BCUT2D eigenvalue weighted by atomic mass is 10.1. The van der Waals surface area contributed by atoms with Crippen LogP contribution in [0.3, 0.4) is 0 Å². The van der Waals surface area contributed by atoms with Gasteiger partial charge in [-0.1, -0.05) is 28.7 Å². The van der Waals surface area contributed by atoms with Crippen molar-refractivity contribution in [3.05, 3.63) is 31.8 Å². The predicted molar refractivity (Wildman–Crippen MR) is 85.0 cm³/mol. The van der Waals surface area contributed by atoms with E-state index in [1.54, 1.807) is 18.4 Å². The van der Waals surface area contributed by atoms with Crippen molar-refractivity contribution < 1.29 is 9.47 Å². The Bertz CT molecular complexity index is 415. The van der Waals surface area contributed by atoms with E-state index >= 15 is 0 Å². The van der Waals surface area contributed by atoms with E-state index in [9.17, 15) is 0 Å². The molecule has 0 aliphatic rings. The summed E-state index contributed by atoms with van der Waals surface area (Å²) in [5, 5.41) is 3.14. The van der Waals surface area contributed by atoms with Gasteiger partial charge in [0, 0.05) is 12.5 Å². The van der Waals surface area contributed by atoms with E-state index in [0.717, 1.165) is 22.7 Å². The zero-order valence-electron chi connectivity index (χ0n) is 10.9. The molecule has 0 aromatic carbocycles. The number of methoxy groups -OCH3 is 1. The summed E-state index contributed by atoms with van der Waals surface area (Å²) < 4.78 is 12.6. The summed E-state index contributed by atoms with van der Waals surface area (Å²) in [6, 6.07) is 0. The Balaban J connectivity index is 2.73. The molecular formula is C13H18INO2S. The molecule has 0 saturated carbocycles. The van der Waals surface area contributed by atoms with Crippen LogP contribution in [-0.2, 0) is 9.47 Å². The maximum Gasteiger partial charge on any atom is 0.147 e. The molecule has 0 N–H and O–H groups in total. The summed E-state index contributed by atoms with van der Waals surface area (Å²) >= 11 is 3.87. The molecule has 1 heterocycles. The van der Waals surface area contributed by atoms with Crippen LogP contribution in [0, 0.1) is 6.92 Å². The monoisotopic (exact) mass is 379 g/mol. The largest absolute Gasteiger partial charge is 0.359 e. The van der Waals surface area contributed by atoms with Crippen LogP contribution < -0.4 is 0 Å². The van der Waals surface area contributed by atoms with Crippen molar-refractivity contribution in [1.82, 2.24) is 4.98 Å². The van der Waals surface area contributed by atoms with Crippen LogP contribution in [-0.4, -0.2) is 25.0 Å². The molecule has 0 amide bonds. The van der Waals surface area contributed by atoms with E-state index in [4.69, 9.17) is 9.47 Å². The van der Waals surface area contributed by atoms with Crippen molar-refractivity contribution >= 4 is 40.0 Å². The van der Waals surface area contributed by atoms with Crippen LogP contribution in [0.2, 0.25) is 0 Å². The number of aromatic nitrogens is 1. The number of ether oxygens (including phenoxy) is 2. The Morgan fingerprint density at radius 1 is 1.61 bits per heavy atom. The number of nitrogens with zero attached hydrogens (tertiary/aromatic N) is 1. The Kier molecular flexibility index (Phi) is 7.73. The van der Waals surface area contributed by atoms with Crippen LogP contribution in [0.5, 0.6) is 0 Å². The van der Waals surface area contributed by atoms with Gasteiger partial charge in [-0.05, 0) is 36.0 Å². The third kappa shape index (κ3) is 5.60. The molecular weight excluding hydrogens is 361 g/mol. The second-order valence-corrected chi connectivity index (χ2v) is 5.62. The average molecular weight is 379 g/mol. The fraction of sp³-hybridized carbons (Fsp3) is 0.462. The highest BCUT2D eigenvalue weighted by molar-refractivity contribution is 14.1. The molecule has 100 valence electrons. The molecule has 5 heteroatoms. The lowest BCUT2D eigenvalue weighted by Gasteiger charge is -2.16. The maximum atomic E-state index is 5.66. The van der Waals surface area contributed by atoms with Gasteiger partial charge >= 0.3 is 0 Å². The molecule has 1 aromatic heterocycles. The second kappa shape index (κ2) is 8.79. The first-order valence-electron chi connectivity index (χ1n) is 5.63. The van der Waals surface area contributed by atoms with Crippen molar-refractivity contribution in [2.75, 3.05) is 13.9 Å². The smallest absolute Gasteiger partial charge is 0.147 e. The quantitative estimate of drug-likeness (QED) is 0.526. The standard InChI is InChI=1S/C13H18INO2S/c1-10(7-12-8-18-11(2)15-12)13(5-4-6-14)17-9-16-3/h4,6-8,13H,5,9H2,1-3H3/b6-4-,10-7+/t13-/m0/s1. The Morgan fingerprint density at radius 2 is 2.39 bits per heavy atom. The first-order valence-corrected chi connectivity index (χ1v) is 7.76. The van der Waals surface area contributed by atoms with E-state index in [2.05, 4.69) is 52.0 Å². The number of halogens is 1. The molecule has 0 aliphatic carbocycles. The molecule has 1 rings (SSSR count). The van der Waals surface area contributed by atoms with Crippen molar-refractivity contribution in [2.45, 2.75) is 26.4 Å². The summed E-state index contributed by atoms with van der Waals surface area (Å²) in [4.78, 5) is 4.43. The van der Waals surface area contributed by atoms with E-state index in [1.165, 1.54) is 0 Å². The average Bonchev–Trinajstić information content (AvgIpc) is 2.75. The van der Waals surface area contributed by atoms with Crippen molar-refractivity contribution in [3.63, 3.8) is 0 Å². The zero-order valence-corrected chi connectivity index (χ0v) is 13.8. The molecule has 18 heavy (non-hydrogen) atoms. The SMILES string of the molecule is COCO[C@@H](C/C=C\I)/C(C)=C/c1csc(C)n1. The highest BCUT2D eigenvalue weighted by Crippen LogP contribution is 2.17. The Labute approximate surface area is 126 Å². The fourth-order valence-corrected chi connectivity index (χ4v) is 2.35. The number of thiazole rings is 1. The zero-order chi connectivity index (χ0) is 13.4. The summed E-state index contributed by atoms with van der Waals surface area (Å²) in [6.07, 6.45) is 5.05. The molecule has 0 spiro atoms. The number of aryl methyl sites for hydroxylation is 1. The second-order valence-electron chi connectivity index (χ2n) is 3.84. The predicted octanol–water partition coefficient (Wildman–Crippen LogP) is 4.18. The third-order valence-corrected chi connectivity index (χ3v) is 3.65. The minimum absolute atomic E-state index is 0.0398. The molecule has 1 atom stereocenters. The summed E-state index contributed by atoms with van der Waals surface area (Å²) in [6.45, 7) is 4.38. The number of rotatable bonds is 7. The molecule has 3 nitrogen and oxygen atoms in total. The summed E-state index contributed by atoms with van der Waals surface area (Å²) in [5.74, 6) is 0. The maximum absolute atomic E-state index is 5.66. The number of hydrogen-bond acceptors (Lipinski definition) is 4. The molecule has 0 radical (unpaired) electrons. The van der Waals surface area contributed by atoms with E-state index in [-0.39, 0.29) is 6.10 Å². The third-order valence-electron chi connectivity index (χ3n) is 2.35. The highest BCUT2D eigenvalue weighted by Gasteiger charge is 2.10. The Morgan fingerprint density at radius 3 is 2.94 bits per heavy atom. The molecule has 0 saturated heterocycles. The van der Waals surface area contributed by atoms with Crippen LogP contribution in [0.1, 0.15) is 24.0 Å². The van der Waals surface area contributed by atoms with Gasteiger partial charge < -0.3 is 9.47 Å². The van der Waals surface area contributed by atoms with E-state index < -0.39 is 0 Å². The van der Waals surface area contributed by atoms with E-state index in [0.29, 0.717) is 6.79 Å². The minimum atomic E-state index is 0.0398. The lowest BCUT2D eigenvalue weighted by Crippen LogP contribution is -2.15. The topological polar surface area (TPSA) is 31.4 Å². The van der Waals surface area contributed by atoms with Gasteiger partial charge in [0.05, 0.1) is 16.8 Å². The lowest BCUT2D eigenvalue weighted by molar-refractivity contribution is -0.0575. The van der Waals surface area contributed by atoms with Crippen LogP contribution >= 0.6 is 33.9 Å². The normalized spacial score (nSPS) is 14.3. The van der Waals surface area contributed by atoms with Gasteiger partial charge in [0.15, 0.2) is 0 Å². The number of hydrogen-bond donors (Lipinski definition) is 0. The van der Waals surface area contributed by atoms with Crippen LogP contribution in [0.15, 0.2) is 21.1 Å². The van der Waals surface area contributed by atoms with Crippen molar-refractivity contribution in [2.24, 2.45) is 0 Å². The summed E-state index contributed by atoms with van der Waals surface area (Å²) in [5.41, 5.74) is 2.16. The fourth-order valence-electron chi connectivity index (χ4n) is 1.48. The van der Waals surface area contributed by atoms with Gasteiger partial charge in [0.1, 0.15) is 6.79 Å². The first kappa shape index (κ1) is 15.8. The Hall–Kier alpha value is -0.240. The molecule has 0 bridgehead atoms. The van der Waals surface area contributed by atoms with Crippen LogP contribution in [0.25, 0.3) is 6.08 Å². The van der Waals surface area contributed by atoms with Gasteiger partial charge in [-0.2, -0.15) is 0 Å². The van der Waals surface area contributed by atoms with Crippen molar-refractivity contribution in [1.29, 1.82) is 0 Å².